The number of anilines is 1. The van der Waals surface area contributed by atoms with Crippen LogP contribution < -0.4 is 10.5 Å². The van der Waals surface area contributed by atoms with Crippen LogP contribution in [0.2, 0.25) is 0 Å². The summed E-state index contributed by atoms with van der Waals surface area (Å²) in [5, 5.41) is 0. The third kappa shape index (κ3) is 2.71. The molecule has 0 atom stereocenters. The Labute approximate surface area is 84.2 Å². The molecule has 5 heteroatoms. The Bertz CT molecular complexity index is 395. The molecule has 0 saturated heterocycles. The van der Waals surface area contributed by atoms with Crippen LogP contribution in [0.1, 0.15) is 13.8 Å². The van der Waals surface area contributed by atoms with Crippen molar-refractivity contribution in [3.05, 3.63) is 24.3 Å². The van der Waals surface area contributed by atoms with Crippen LogP contribution in [0.3, 0.4) is 0 Å². The standard InChI is InChI=1S/C9H14N2O2S/c1-7(2)11-14(12,13)9-5-3-8(10)4-6-9/h3-7,11H,10H2,1-2H3. The lowest BCUT2D eigenvalue weighted by atomic mass is 10.3. The van der Waals surface area contributed by atoms with E-state index in [0.29, 0.717) is 5.69 Å². The van der Waals surface area contributed by atoms with E-state index in [-0.39, 0.29) is 10.9 Å². The molecule has 0 radical (unpaired) electrons. The van der Waals surface area contributed by atoms with Crippen LogP contribution in [0.4, 0.5) is 5.69 Å². The van der Waals surface area contributed by atoms with Gasteiger partial charge in [0.25, 0.3) is 0 Å². The molecule has 0 fully saturated rings. The van der Waals surface area contributed by atoms with Crippen LogP contribution in [0.15, 0.2) is 29.2 Å². The summed E-state index contributed by atoms with van der Waals surface area (Å²) in [6, 6.07) is 5.99. The van der Waals surface area contributed by atoms with Gasteiger partial charge >= 0.3 is 0 Å². The zero-order chi connectivity index (χ0) is 10.8. The van der Waals surface area contributed by atoms with Gasteiger partial charge in [-0.25, -0.2) is 13.1 Å². The Morgan fingerprint density at radius 3 is 2.14 bits per heavy atom. The summed E-state index contributed by atoms with van der Waals surface area (Å²) >= 11 is 0. The molecule has 3 N–H and O–H groups in total. The Kier molecular flexibility index (Phi) is 3.13. The summed E-state index contributed by atoms with van der Waals surface area (Å²) in [6.45, 7) is 3.55. The van der Waals surface area contributed by atoms with Crippen LogP contribution in [-0.4, -0.2) is 14.5 Å². The van der Waals surface area contributed by atoms with Crippen molar-refractivity contribution in [1.29, 1.82) is 0 Å². The van der Waals surface area contributed by atoms with Crippen molar-refractivity contribution in [2.24, 2.45) is 0 Å². The van der Waals surface area contributed by atoms with Gasteiger partial charge in [-0.05, 0) is 38.1 Å². The van der Waals surface area contributed by atoms with Crippen LogP contribution >= 0.6 is 0 Å². The highest BCUT2D eigenvalue weighted by molar-refractivity contribution is 7.89. The molecule has 0 spiro atoms. The lowest BCUT2D eigenvalue weighted by Crippen LogP contribution is -2.30. The van der Waals surface area contributed by atoms with E-state index in [0.717, 1.165) is 0 Å². The number of rotatable bonds is 3. The van der Waals surface area contributed by atoms with Gasteiger partial charge < -0.3 is 5.73 Å². The maximum Gasteiger partial charge on any atom is 0.240 e. The van der Waals surface area contributed by atoms with Gasteiger partial charge in [-0.3, -0.25) is 0 Å². The minimum Gasteiger partial charge on any atom is -0.399 e. The first-order valence-corrected chi connectivity index (χ1v) is 5.78. The molecule has 0 unspecified atom stereocenters. The largest absolute Gasteiger partial charge is 0.399 e. The number of nitrogens with one attached hydrogen (secondary N) is 1. The molecule has 78 valence electrons. The van der Waals surface area contributed by atoms with E-state index in [4.69, 9.17) is 5.73 Å². The second-order valence-electron chi connectivity index (χ2n) is 3.35. The summed E-state index contributed by atoms with van der Waals surface area (Å²) < 4.78 is 25.7. The summed E-state index contributed by atoms with van der Waals surface area (Å²) in [4.78, 5) is 0.236. The lowest BCUT2D eigenvalue weighted by molar-refractivity contribution is 0.570. The molecule has 14 heavy (non-hydrogen) atoms. The highest BCUT2D eigenvalue weighted by atomic mass is 32.2. The van der Waals surface area contributed by atoms with E-state index >= 15 is 0 Å². The lowest BCUT2D eigenvalue weighted by Gasteiger charge is -2.09. The fourth-order valence-corrected chi connectivity index (χ4v) is 2.28. The first-order valence-electron chi connectivity index (χ1n) is 4.29. The Morgan fingerprint density at radius 1 is 1.21 bits per heavy atom. The fraction of sp³-hybridized carbons (Fsp3) is 0.333. The monoisotopic (exact) mass is 214 g/mol. The van der Waals surface area contributed by atoms with Crippen molar-refractivity contribution >= 4 is 15.7 Å². The molecular formula is C9H14N2O2S. The molecule has 1 aromatic carbocycles. The van der Waals surface area contributed by atoms with Gasteiger partial charge in [-0.1, -0.05) is 0 Å². The minimum atomic E-state index is -3.38. The molecular weight excluding hydrogens is 200 g/mol. The third-order valence-electron chi connectivity index (χ3n) is 1.58. The average Bonchev–Trinajstić information content (AvgIpc) is 2.02. The second-order valence-corrected chi connectivity index (χ2v) is 5.06. The van der Waals surface area contributed by atoms with Crippen molar-refractivity contribution in [3.63, 3.8) is 0 Å². The number of nitrogen functional groups attached to an aromatic ring is 1. The SMILES string of the molecule is CC(C)NS(=O)(=O)c1ccc(N)cc1. The molecule has 0 amide bonds. The molecule has 1 rings (SSSR count). The number of benzene rings is 1. The van der Waals surface area contributed by atoms with Crippen LogP contribution in [0.25, 0.3) is 0 Å². The molecule has 0 aliphatic heterocycles. The molecule has 0 aliphatic rings. The summed E-state index contributed by atoms with van der Waals surface area (Å²) in [7, 11) is -3.38. The van der Waals surface area contributed by atoms with Gasteiger partial charge in [0.15, 0.2) is 0 Å². The number of hydrogen-bond acceptors (Lipinski definition) is 3. The number of nitrogens with two attached hydrogens (primary N) is 1. The highest BCUT2D eigenvalue weighted by Gasteiger charge is 2.14. The van der Waals surface area contributed by atoms with Gasteiger partial charge in [0, 0.05) is 11.7 Å². The van der Waals surface area contributed by atoms with Gasteiger partial charge in [0.2, 0.25) is 10.0 Å². The molecule has 0 aliphatic carbocycles. The van der Waals surface area contributed by atoms with Crippen molar-refractivity contribution in [2.75, 3.05) is 5.73 Å². The predicted octanol–water partition coefficient (Wildman–Crippen LogP) is 0.956. The van der Waals surface area contributed by atoms with Gasteiger partial charge in [0.1, 0.15) is 0 Å². The molecule has 1 aromatic rings. The van der Waals surface area contributed by atoms with Crippen molar-refractivity contribution in [2.45, 2.75) is 24.8 Å². The summed E-state index contributed by atoms with van der Waals surface area (Å²) in [6.07, 6.45) is 0. The molecule has 0 heterocycles. The van der Waals surface area contributed by atoms with E-state index in [9.17, 15) is 8.42 Å². The van der Waals surface area contributed by atoms with Gasteiger partial charge in [-0.15, -0.1) is 0 Å². The number of sulfonamides is 1. The van der Waals surface area contributed by atoms with Crippen molar-refractivity contribution in [1.82, 2.24) is 4.72 Å². The van der Waals surface area contributed by atoms with E-state index in [1.807, 2.05) is 0 Å². The zero-order valence-corrected chi connectivity index (χ0v) is 9.01. The second kappa shape index (κ2) is 3.98. The molecule has 0 aromatic heterocycles. The first-order chi connectivity index (χ1) is 6.42. The Morgan fingerprint density at radius 2 is 1.71 bits per heavy atom. The maximum atomic E-state index is 11.6. The third-order valence-corrected chi connectivity index (χ3v) is 3.26. The first kappa shape index (κ1) is 11.0. The normalized spacial score (nSPS) is 11.9. The van der Waals surface area contributed by atoms with Crippen LogP contribution in [0, 0.1) is 0 Å². The predicted molar refractivity (Wildman–Crippen MR) is 56.3 cm³/mol. The van der Waals surface area contributed by atoms with Crippen molar-refractivity contribution < 1.29 is 8.42 Å². The van der Waals surface area contributed by atoms with Crippen LogP contribution in [-0.2, 0) is 10.0 Å². The average molecular weight is 214 g/mol. The maximum absolute atomic E-state index is 11.6. The van der Waals surface area contributed by atoms with E-state index in [2.05, 4.69) is 4.72 Å². The fourth-order valence-electron chi connectivity index (χ4n) is 1.03. The molecule has 0 saturated carbocycles. The van der Waals surface area contributed by atoms with Gasteiger partial charge in [0.05, 0.1) is 4.90 Å². The van der Waals surface area contributed by atoms with E-state index in [1.54, 1.807) is 26.0 Å². The topological polar surface area (TPSA) is 72.2 Å². The molecule has 0 bridgehead atoms. The van der Waals surface area contributed by atoms with E-state index < -0.39 is 10.0 Å². The van der Waals surface area contributed by atoms with E-state index in [1.165, 1.54) is 12.1 Å². The Hall–Kier alpha value is -1.07. The minimum absolute atomic E-state index is 0.113. The van der Waals surface area contributed by atoms with Gasteiger partial charge in [-0.2, -0.15) is 0 Å². The molecule has 4 nitrogen and oxygen atoms in total. The Balaban J connectivity index is 2.99. The smallest absolute Gasteiger partial charge is 0.240 e. The highest BCUT2D eigenvalue weighted by Crippen LogP contribution is 2.11. The summed E-state index contributed by atoms with van der Waals surface area (Å²) in [5.74, 6) is 0. The van der Waals surface area contributed by atoms with Crippen molar-refractivity contribution in [3.8, 4) is 0 Å². The van der Waals surface area contributed by atoms with Crippen LogP contribution in [0.5, 0.6) is 0 Å². The summed E-state index contributed by atoms with van der Waals surface area (Å²) in [5.41, 5.74) is 6.01. The zero-order valence-electron chi connectivity index (χ0n) is 8.19. The number of hydrogen-bond donors (Lipinski definition) is 2. The quantitative estimate of drug-likeness (QED) is 0.736.